The Morgan fingerprint density at radius 1 is 1.25 bits per heavy atom. The van der Waals surface area contributed by atoms with Crippen LogP contribution in [0.2, 0.25) is 0 Å². The number of carbonyl (C=O) groups excluding carboxylic acids is 1. The minimum Gasteiger partial charge on any atom is -0.494 e. The summed E-state index contributed by atoms with van der Waals surface area (Å²) in [5.41, 5.74) is 0.232. The molecule has 1 N–H and O–H groups in total. The topological polar surface area (TPSA) is 109 Å². The highest BCUT2D eigenvalue weighted by Gasteiger charge is 2.16. The zero-order valence-electron chi connectivity index (χ0n) is 14.7. The lowest BCUT2D eigenvalue weighted by molar-refractivity contribution is -0.384. The van der Waals surface area contributed by atoms with E-state index in [0.29, 0.717) is 5.75 Å². The van der Waals surface area contributed by atoms with Gasteiger partial charge < -0.3 is 14.8 Å². The first-order valence-corrected chi connectivity index (χ1v) is 8.02. The third-order valence-corrected chi connectivity index (χ3v) is 3.69. The van der Waals surface area contributed by atoms with Crippen molar-refractivity contribution in [3.05, 3.63) is 76.4 Å². The van der Waals surface area contributed by atoms with Crippen molar-refractivity contribution in [3.63, 3.8) is 0 Å². The van der Waals surface area contributed by atoms with Gasteiger partial charge in [-0.15, -0.1) is 0 Å². The number of rotatable bonds is 7. The van der Waals surface area contributed by atoms with Gasteiger partial charge in [0.25, 0.3) is 11.6 Å². The number of hydrogen-bond acceptors (Lipinski definition) is 6. The van der Waals surface area contributed by atoms with Gasteiger partial charge in [-0.25, -0.2) is 9.07 Å². The van der Waals surface area contributed by atoms with Gasteiger partial charge in [0.15, 0.2) is 12.4 Å². The Hall–Kier alpha value is -3.95. The number of methoxy groups -OCH3 is 1. The number of nitrogens with one attached hydrogen (secondary N) is 1. The van der Waals surface area contributed by atoms with E-state index >= 15 is 0 Å². The van der Waals surface area contributed by atoms with Gasteiger partial charge in [0, 0.05) is 12.3 Å². The Morgan fingerprint density at radius 2 is 2.00 bits per heavy atom. The fourth-order valence-corrected chi connectivity index (χ4v) is 2.31. The van der Waals surface area contributed by atoms with Crippen LogP contribution in [0, 0.1) is 15.9 Å². The molecule has 9 nitrogen and oxygen atoms in total. The van der Waals surface area contributed by atoms with E-state index in [9.17, 15) is 19.3 Å². The molecule has 2 aromatic carbocycles. The molecule has 10 heteroatoms. The van der Waals surface area contributed by atoms with Crippen molar-refractivity contribution in [2.24, 2.45) is 0 Å². The normalized spacial score (nSPS) is 10.4. The quantitative estimate of drug-likeness (QED) is 0.493. The fourth-order valence-electron chi connectivity index (χ4n) is 2.31. The average molecular weight is 386 g/mol. The predicted molar refractivity (Wildman–Crippen MR) is 96.9 cm³/mol. The van der Waals surface area contributed by atoms with Crippen LogP contribution < -0.4 is 14.8 Å². The lowest BCUT2D eigenvalue weighted by atomic mass is 10.2. The summed E-state index contributed by atoms with van der Waals surface area (Å²) >= 11 is 0. The van der Waals surface area contributed by atoms with Crippen LogP contribution in [-0.2, 0) is 6.73 Å². The van der Waals surface area contributed by atoms with Crippen molar-refractivity contribution in [2.45, 2.75) is 6.73 Å². The Kier molecular flexibility index (Phi) is 5.49. The molecular formula is C18H15FN4O5. The van der Waals surface area contributed by atoms with Gasteiger partial charge >= 0.3 is 0 Å². The smallest absolute Gasteiger partial charge is 0.276 e. The van der Waals surface area contributed by atoms with Gasteiger partial charge in [-0.1, -0.05) is 0 Å². The number of anilines is 1. The van der Waals surface area contributed by atoms with Gasteiger partial charge in [-0.2, -0.15) is 5.10 Å². The summed E-state index contributed by atoms with van der Waals surface area (Å²) in [6.45, 7) is 0.0275. The van der Waals surface area contributed by atoms with Crippen molar-refractivity contribution in [2.75, 3.05) is 12.4 Å². The molecular weight excluding hydrogens is 371 g/mol. The Bertz CT molecular complexity index is 1000. The Labute approximate surface area is 158 Å². The molecule has 0 unspecified atom stereocenters. The Balaban J connectivity index is 1.65. The molecule has 0 radical (unpaired) electrons. The lowest BCUT2D eigenvalue weighted by Gasteiger charge is -2.09. The second-order valence-corrected chi connectivity index (χ2v) is 5.56. The summed E-state index contributed by atoms with van der Waals surface area (Å²) in [5, 5.41) is 17.5. The van der Waals surface area contributed by atoms with Crippen molar-refractivity contribution in [3.8, 4) is 11.5 Å². The number of amides is 1. The third kappa shape index (κ3) is 4.41. The number of hydrogen-bond donors (Lipinski definition) is 1. The van der Waals surface area contributed by atoms with Crippen LogP contribution in [0.3, 0.4) is 0 Å². The molecule has 1 aromatic heterocycles. The molecule has 0 aliphatic carbocycles. The van der Waals surface area contributed by atoms with Crippen molar-refractivity contribution < 1.29 is 23.6 Å². The monoisotopic (exact) mass is 386 g/mol. The van der Waals surface area contributed by atoms with Crippen molar-refractivity contribution in [1.82, 2.24) is 9.78 Å². The van der Waals surface area contributed by atoms with Crippen molar-refractivity contribution in [1.29, 1.82) is 0 Å². The maximum Gasteiger partial charge on any atom is 0.276 e. The number of nitro benzene ring substituents is 1. The van der Waals surface area contributed by atoms with Crippen LogP contribution >= 0.6 is 0 Å². The first-order valence-electron chi connectivity index (χ1n) is 8.02. The predicted octanol–water partition coefficient (Wildman–Crippen LogP) is 3.23. The lowest BCUT2D eigenvalue weighted by Crippen LogP contribution is -2.15. The molecule has 0 fully saturated rings. The van der Waals surface area contributed by atoms with E-state index in [2.05, 4.69) is 10.4 Å². The van der Waals surface area contributed by atoms with Crippen molar-refractivity contribution >= 4 is 17.3 Å². The first-order chi connectivity index (χ1) is 13.5. The van der Waals surface area contributed by atoms with E-state index < -0.39 is 10.8 Å². The second kappa shape index (κ2) is 8.16. The third-order valence-electron chi connectivity index (χ3n) is 3.69. The number of non-ortho nitro benzene ring substituents is 1. The largest absolute Gasteiger partial charge is 0.494 e. The van der Waals surface area contributed by atoms with Crippen LogP contribution in [0.1, 0.15) is 10.5 Å². The highest BCUT2D eigenvalue weighted by molar-refractivity contribution is 6.03. The number of nitro groups is 1. The second-order valence-electron chi connectivity index (χ2n) is 5.56. The number of ether oxygens (including phenoxy) is 2. The molecule has 3 rings (SSSR count). The number of carbonyl (C=O) groups is 1. The van der Waals surface area contributed by atoms with E-state index in [1.807, 2.05) is 0 Å². The van der Waals surface area contributed by atoms with Gasteiger partial charge in [0.1, 0.15) is 17.3 Å². The summed E-state index contributed by atoms with van der Waals surface area (Å²) in [7, 11) is 1.34. The fraction of sp³-hybridized carbons (Fsp3) is 0.111. The SMILES string of the molecule is COc1cc([N+](=O)[O-])ccc1NC(=O)c1ccn(COc2ccc(F)cc2)n1. The molecule has 0 atom stereocenters. The van der Waals surface area contributed by atoms with Crippen LogP contribution in [0.25, 0.3) is 0 Å². The standard InChI is InChI=1S/C18H15FN4O5/c1-27-17-10-13(23(25)26)4-7-15(17)20-18(24)16-8-9-22(21-16)11-28-14-5-2-12(19)3-6-14/h2-10H,11H2,1H3,(H,20,24). The zero-order valence-corrected chi connectivity index (χ0v) is 14.7. The maximum atomic E-state index is 12.9. The van der Waals surface area contributed by atoms with Crippen LogP contribution in [0.5, 0.6) is 11.5 Å². The highest BCUT2D eigenvalue weighted by atomic mass is 19.1. The molecule has 144 valence electrons. The summed E-state index contributed by atoms with van der Waals surface area (Å²) in [4.78, 5) is 22.6. The molecule has 1 amide bonds. The average Bonchev–Trinajstić information content (AvgIpc) is 3.17. The highest BCUT2D eigenvalue weighted by Crippen LogP contribution is 2.29. The molecule has 0 saturated carbocycles. The van der Waals surface area contributed by atoms with E-state index in [1.54, 1.807) is 6.20 Å². The van der Waals surface area contributed by atoms with E-state index in [4.69, 9.17) is 9.47 Å². The molecule has 0 saturated heterocycles. The van der Waals surface area contributed by atoms with Gasteiger partial charge in [-0.3, -0.25) is 14.9 Å². The minimum absolute atomic E-state index is 0.0275. The molecule has 1 heterocycles. The number of aromatic nitrogens is 2. The molecule has 28 heavy (non-hydrogen) atoms. The van der Waals surface area contributed by atoms with E-state index in [-0.39, 0.29) is 35.4 Å². The molecule has 0 aliphatic heterocycles. The molecule has 0 aliphatic rings. The number of halogens is 1. The molecule has 0 spiro atoms. The Morgan fingerprint density at radius 3 is 2.68 bits per heavy atom. The van der Waals surface area contributed by atoms with E-state index in [1.165, 1.54) is 60.3 Å². The summed E-state index contributed by atoms with van der Waals surface area (Å²) in [5.74, 6) is -0.278. The first kappa shape index (κ1) is 18.8. The van der Waals surface area contributed by atoms with Gasteiger partial charge in [-0.05, 0) is 36.4 Å². The maximum absolute atomic E-state index is 12.9. The van der Waals surface area contributed by atoms with E-state index in [0.717, 1.165) is 0 Å². The molecule has 3 aromatic rings. The number of nitrogens with zero attached hydrogens (tertiary/aromatic N) is 3. The summed E-state index contributed by atoms with van der Waals surface area (Å²) < 4.78 is 24.8. The van der Waals surface area contributed by atoms with Crippen LogP contribution in [0.15, 0.2) is 54.7 Å². The van der Waals surface area contributed by atoms with Crippen LogP contribution in [-0.4, -0.2) is 27.7 Å². The zero-order chi connectivity index (χ0) is 20.1. The van der Waals surface area contributed by atoms with Crippen LogP contribution in [0.4, 0.5) is 15.8 Å². The molecule has 0 bridgehead atoms. The van der Waals surface area contributed by atoms with Gasteiger partial charge in [0.05, 0.1) is 23.8 Å². The minimum atomic E-state index is -0.559. The number of benzene rings is 2. The summed E-state index contributed by atoms with van der Waals surface area (Å²) in [6.07, 6.45) is 1.55. The van der Waals surface area contributed by atoms with Gasteiger partial charge in [0.2, 0.25) is 0 Å². The summed E-state index contributed by atoms with van der Waals surface area (Å²) in [6, 6.07) is 10.8.